The zero-order valence-electron chi connectivity index (χ0n) is 20.4. The zero-order chi connectivity index (χ0) is 25.2. The first-order chi connectivity index (χ1) is 16.9. The lowest BCUT2D eigenvalue weighted by Crippen LogP contribution is -2.40. The molecular formula is C27H32N2O6. The van der Waals surface area contributed by atoms with Crippen molar-refractivity contribution in [1.29, 1.82) is 0 Å². The standard InChI is InChI=1S/C27H32N2O6/c1-19(23-17-22(33-2)10-11-24(23)34-3)28-25(30)18-35-27(32)21-13-15-29(16-14-21)26(31)12-9-20-7-5-4-6-8-20/h4-12,17,19,21H,13-16,18H2,1-3H3,(H,28,30)/b12-9+. The first kappa shape index (κ1) is 25.8. The van der Waals surface area contributed by atoms with Crippen LogP contribution in [0.3, 0.4) is 0 Å². The summed E-state index contributed by atoms with van der Waals surface area (Å²) in [6, 6.07) is 14.6. The number of nitrogens with one attached hydrogen (secondary N) is 1. The lowest BCUT2D eigenvalue weighted by molar-refractivity contribution is -0.154. The fourth-order valence-corrected chi connectivity index (χ4v) is 3.97. The number of amides is 2. The van der Waals surface area contributed by atoms with Crippen LogP contribution in [0.25, 0.3) is 6.08 Å². The second-order valence-corrected chi connectivity index (χ2v) is 8.35. The van der Waals surface area contributed by atoms with Gasteiger partial charge in [0.05, 0.1) is 26.2 Å². The van der Waals surface area contributed by atoms with E-state index in [0.29, 0.717) is 37.4 Å². The predicted molar refractivity (Wildman–Crippen MR) is 132 cm³/mol. The van der Waals surface area contributed by atoms with Gasteiger partial charge < -0.3 is 24.4 Å². The molecule has 8 heteroatoms. The molecule has 0 spiro atoms. The monoisotopic (exact) mass is 480 g/mol. The van der Waals surface area contributed by atoms with E-state index in [0.717, 1.165) is 11.1 Å². The van der Waals surface area contributed by atoms with Gasteiger partial charge in [0.15, 0.2) is 6.61 Å². The quantitative estimate of drug-likeness (QED) is 0.437. The summed E-state index contributed by atoms with van der Waals surface area (Å²) in [6.07, 6.45) is 4.34. The molecule has 2 aromatic carbocycles. The molecule has 0 saturated carbocycles. The van der Waals surface area contributed by atoms with Crippen molar-refractivity contribution in [2.75, 3.05) is 33.9 Å². The van der Waals surface area contributed by atoms with Crippen LogP contribution in [0, 0.1) is 5.92 Å². The molecule has 0 aliphatic carbocycles. The Hall–Kier alpha value is -3.81. The number of hydrogen-bond acceptors (Lipinski definition) is 6. The molecule has 1 atom stereocenters. The number of hydrogen-bond donors (Lipinski definition) is 1. The molecular weight excluding hydrogens is 448 g/mol. The highest BCUT2D eigenvalue weighted by atomic mass is 16.5. The smallest absolute Gasteiger partial charge is 0.309 e. The molecule has 0 bridgehead atoms. The van der Waals surface area contributed by atoms with E-state index in [9.17, 15) is 14.4 Å². The van der Waals surface area contributed by atoms with Crippen molar-refractivity contribution in [1.82, 2.24) is 10.2 Å². The minimum absolute atomic E-state index is 0.0815. The minimum Gasteiger partial charge on any atom is -0.497 e. The summed E-state index contributed by atoms with van der Waals surface area (Å²) < 4.78 is 15.9. The van der Waals surface area contributed by atoms with E-state index in [4.69, 9.17) is 14.2 Å². The fraction of sp³-hybridized carbons (Fsp3) is 0.370. The van der Waals surface area contributed by atoms with Gasteiger partial charge in [-0.3, -0.25) is 14.4 Å². The van der Waals surface area contributed by atoms with E-state index < -0.39 is 11.9 Å². The van der Waals surface area contributed by atoms with Crippen LogP contribution in [0.4, 0.5) is 0 Å². The van der Waals surface area contributed by atoms with Gasteiger partial charge in [0.2, 0.25) is 5.91 Å². The van der Waals surface area contributed by atoms with Crippen LogP contribution >= 0.6 is 0 Å². The molecule has 2 aromatic rings. The van der Waals surface area contributed by atoms with Crippen molar-refractivity contribution in [2.45, 2.75) is 25.8 Å². The number of esters is 1. The second-order valence-electron chi connectivity index (χ2n) is 8.35. The Labute approximate surface area is 205 Å². The summed E-state index contributed by atoms with van der Waals surface area (Å²) in [5.41, 5.74) is 1.71. The molecule has 1 saturated heterocycles. The molecule has 35 heavy (non-hydrogen) atoms. The van der Waals surface area contributed by atoms with Gasteiger partial charge in [0, 0.05) is 24.7 Å². The molecule has 1 unspecified atom stereocenters. The Kier molecular flexibility index (Phi) is 9.29. The van der Waals surface area contributed by atoms with Crippen molar-refractivity contribution in [3.8, 4) is 11.5 Å². The fourth-order valence-electron chi connectivity index (χ4n) is 3.97. The van der Waals surface area contributed by atoms with Crippen LogP contribution in [0.15, 0.2) is 54.6 Å². The number of piperidine rings is 1. The Balaban J connectivity index is 1.43. The van der Waals surface area contributed by atoms with Crippen LogP contribution in [-0.4, -0.2) is 56.6 Å². The number of methoxy groups -OCH3 is 2. The highest BCUT2D eigenvalue weighted by Gasteiger charge is 2.28. The summed E-state index contributed by atoms with van der Waals surface area (Å²) >= 11 is 0. The maximum absolute atomic E-state index is 12.5. The summed E-state index contributed by atoms with van der Waals surface area (Å²) in [5.74, 6) is 0.0279. The van der Waals surface area contributed by atoms with Crippen molar-refractivity contribution in [3.63, 3.8) is 0 Å². The number of benzene rings is 2. The Morgan fingerprint density at radius 3 is 2.43 bits per heavy atom. The Bertz CT molecular complexity index is 1040. The molecule has 1 N–H and O–H groups in total. The van der Waals surface area contributed by atoms with Crippen LogP contribution in [0.1, 0.15) is 36.9 Å². The van der Waals surface area contributed by atoms with E-state index in [1.807, 2.05) is 37.3 Å². The SMILES string of the molecule is COc1ccc(OC)c(C(C)NC(=O)COC(=O)C2CCN(C(=O)/C=C/c3ccccc3)CC2)c1. The largest absolute Gasteiger partial charge is 0.497 e. The van der Waals surface area contributed by atoms with Crippen LogP contribution < -0.4 is 14.8 Å². The third-order valence-corrected chi connectivity index (χ3v) is 5.98. The van der Waals surface area contributed by atoms with Gasteiger partial charge in [0.25, 0.3) is 5.91 Å². The lowest BCUT2D eigenvalue weighted by Gasteiger charge is -2.30. The highest BCUT2D eigenvalue weighted by Crippen LogP contribution is 2.29. The average Bonchev–Trinajstić information content (AvgIpc) is 2.90. The number of carbonyl (C=O) groups is 3. The minimum atomic E-state index is -0.418. The van der Waals surface area contributed by atoms with E-state index in [1.165, 1.54) is 0 Å². The topological polar surface area (TPSA) is 94.2 Å². The third kappa shape index (κ3) is 7.34. The van der Waals surface area contributed by atoms with Crippen molar-refractivity contribution < 1.29 is 28.6 Å². The molecule has 1 heterocycles. The first-order valence-corrected chi connectivity index (χ1v) is 11.6. The average molecular weight is 481 g/mol. The number of nitrogens with zero attached hydrogens (tertiary/aromatic N) is 1. The van der Waals surface area contributed by atoms with Crippen molar-refractivity contribution >= 4 is 23.9 Å². The predicted octanol–water partition coefficient (Wildman–Crippen LogP) is 3.38. The highest BCUT2D eigenvalue weighted by molar-refractivity contribution is 5.92. The molecule has 8 nitrogen and oxygen atoms in total. The van der Waals surface area contributed by atoms with Crippen LogP contribution in [0.5, 0.6) is 11.5 Å². The number of rotatable bonds is 9. The van der Waals surface area contributed by atoms with Gasteiger partial charge in [-0.05, 0) is 49.6 Å². The summed E-state index contributed by atoms with van der Waals surface area (Å²) in [7, 11) is 3.12. The molecule has 0 radical (unpaired) electrons. The molecule has 1 aliphatic rings. The van der Waals surface area contributed by atoms with Crippen LogP contribution in [-0.2, 0) is 19.1 Å². The van der Waals surface area contributed by atoms with E-state index >= 15 is 0 Å². The normalized spacial score (nSPS) is 14.9. The molecule has 0 aromatic heterocycles. The maximum atomic E-state index is 12.5. The number of ether oxygens (including phenoxy) is 3. The number of carbonyl (C=O) groups excluding carboxylic acids is 3. The van der Waals surface area contributed by atoms with Gasteiger partial charge >= 0.3 is 5.97 Å². The third-order valence-electron chi connectivity index (χ3n) is 5.98. The van der Waals surface area contributed by atoms with Crippen molar-refractivity contribution in [2.24, 2.45) is 5.92 Å². The van der Waals surface area contributed by atoms with Gasteiger partial charge in [0.1, 0.15) is 11.5 Å². The van der Waals surface area contributed by atoms with E-state index in [2.05, 4.69) is 5.32 Å². The summed E-state index contributed by atoms with van der Waals surface area (Å²) in [4.78, 5) is 39.0. The molecule has 1 aliphatic heterocycles. The molecule has 186 valence electrons. The lowest BCUT2D eigenvalue weighted by atomic mass is 9.97. The number of likely N-dealkylation sites (tertiary alicyclic amines) is 1. The van der Waals surface area contributed by atoms with E-state index in [1.54, 1.807) is 49.5 Å². The van der Waals surface area contributed by atoms with Gasteiger partial charge in [-0.25, -0.2) is 0 Å². The van der Waals surface area contributed by atoms with Gasteiger partial charge in [-0.2, -0.15) is 0 Å². The maximum Gasteiger partial charge on any atom is 0.309 e. The summed E-state index contributed by atoms with van der Waals surface area (Å²) in [5, 5.41) is 2.82. The molecule has 3 rings (SSSR count). The van der Waals surface area contributed by atoms with Gasteiger partial charge in [-0.1, -0.05) is 30.3 Å². The first-order valence-electron chi connectivity index (χ1n) is 11.6. The Morgan fingerprint density at radius 2 is 1.77 bits per heavy atom. The summed E-state index contributed by atoms with van der Waals surface area (Å²) in [6.45, 7) is 2.39. The van der Waals surface area contributed by atoms with E-state index in [-0.39, 0.29) is 24.5 Å². The molecule has 1 fully saturated rings. The molecule has 2 amide bonds. The van der Waals surface area contributed by atoms with Crippen LogP contribution in [0.2, 0.25) is 0 Å². The second kappa shape index (κ2) is 12.6. The zero-order valence-corrected chi connectivity index (χ0v) is 20.4. The Morgan fingerprint density at radius 1 is 1.06 bits per heavy atom. The van der Waals surface area contributed by atoms with Crippen molar-refractivity contribution in [3.05, 3.63) is 65.7 Å². The van der Waals surface area contributed by atoms with Gasteiger partial charge in [-0.15, -0.1) is 0 Å².